The first-order valence-corrected chi connectivity index (χ1v) is 15.3. The minimum Gasteiger partial charge on any atom is -0.376 e. The molecule has 2 unspecified atom stereocenters. The number of allylic oxidation sites excluding steroid dienone is 2. The molecule has 228 valence electrons. The van der Waals surface area contributed by atoms with E-state index in [1.807, 2.05) is 39.8 Å². The first kappa shape index (κ1) is 32.7. The maximum Gasteiger partial charge on any atom is 0.256 e. The monoisotopic (exact) mass is 624 g/mol. The summed E-state index contributed by atoms with van der Waals surface area (Å²) in [6.45, 7) is 9.32. The zero-order valence-electron chi connectivity index (χ0n) is 25.4. The molecular weight excluding hydrogens is 586 g/mol. The second kappa shape index (κ2) is 12.8. The summed E-state index contributed by atoms with van der Waals surface area (Å²) >= 11 is 13.1. The van der Waals surface area contributed by atoms with E-state index in [0.717, 1.165) is 22.3 Å². The first-order valence-electron chi connectivity index (χ1n) is 14.6. The number of anilines is 1. The lowest BCUT2D eigenvalue weighted by molar-refractivity contribution is -0.138. The predicted molar refractivity (Wildman–Crippen MR) is 172 cm³/mol. The number of carbonyl (C=O) groups is 2. The third kappa shape index (κ3) is 5.85. The van der Waals surface area contributed by atoms with Gasteiger partial charge in [-0.15, -0.1) is 0 Å². The summed E-state index contributed by atoms with van der Waals surface area (Å²) in [6.07, 6.45) is 3.66. The molecule has 0 radical (unpaired) electrons. The lowest BCUT2D eigenvalue weighted by Gasteiger charge is -2.45. The minimum atomic E-state index is -1.94. The van der Waals surface area contributed by atoms with Crippen LogP contribution in [-0.4, -0.2) is 24.0 Å². The van der Waals surface area contributed by atoms with Crippen LogP contribution < -0.4 is 10.6 Å². The maximum absolute atomic E-state index is 15.0. The summed E-state index contributed by atoms with van der Waals surface area (Å²) in [4.78, 5) is 27.9. The number of aryl methyl sites for hydroxylation is 1. The molecule has 0 saturated heterocycles. The van der Waals surface area contributed by atoms with E-state index in [1.54, 1.807) is 36.4 Å². The molecule has 3 aromatic rings. The number of nitrogens with one attached hydrogen (secondary N) is 2. The van der Waals surface area contributed by atoms with Gasteiger partial charge < -0.3 is 15.7 Å². The molecule has 2 amide bonds. The van der Waals surface area contributed by atoms with Crippen LogP contribution in [0.15, 0.2) is 66.2 Å². The summed E-state index contributed by atoms with van der Waals surface area (Å²) in [5, 5.41) is 18.2. The number of fused-ring (bicyclic) bond motifs is 1. The Bertz CT molecular complexity index is 1590. The van der Waals surface area contributed by atoms with Crippen LogP contribution in [0.25, 0.3) is 0 Å². The fourth-order valence-corrected chi connectivity index (χ4v) is 7.11. The van der Waals surface area contributed by atoms with Gasteiger partial charge in [-0.25, -0.2) is 4.39 Å². The maximum atomic E-state index is 15.0. The molecule has 0 fully saturated rings. The Morgan fingerprint density at radius 3 is 2.42 bits per heavy atom. The number of aliphatic hydroxyl groups is 1. The number of carbonyl (C=O) groups excluding carboxylic acids is 2. The quantitative estimate of drug-likeness (QED) is 0.198. The van der Waals surface area contributed by atoms with Gasteiger partial charge in [0.1, 0.15) is 5.82 Å². The van der Waals surface area contributed by atoms with Crippen molar-refractivity contribution >= 4 is 40.7 Å². The molecule has 0 saturated carbocycles. The molecule has 5 nitrogen and oxygen atoms in total. The molecule has 43 heavy (non-hydrogen) atoms. The number of rotatable bonds is 10. The smallest absolute Gasteiger partial charge is 0.256 e. The molecule has 1 aliphatic rings. The molecule has 0 aromatic heterocycles. The van der Waals surface area contributed by atoms with E-state index >= 15 is 0 Å². The largest absolute Gasteiger partial charge is 0.376 e. The first-order chi connectivity index (χ1) is 20.3. The predicted octanol–water partition coefficient (Wildman–Crippen LogP) is 8.31. The van der Waals surface area contributed by atoms with Crippen molar-refractivity contribution in [1.29, 1.82) is 0 Å². The van der Waals surface area contributed by atoms with E-state index in [1.165, 1.54) is 26.1 Å². The van der Waals surface area contributed by atoms with Crippen LogP contribution in [0, 0.1) is 12.7 Å². The Morgan fingerprint density at radius 1 is 1.09 bits per heavy atom. The van der Waals surface area contributed by atoms with Crippen LogP contribution in [0.1, 0.15) is 86.6 Å². The highest BCUT2D eigenvalue weighted by molar-refractivity contribution is 6.31. The molecule has 1 aliphatic heterocycles. The molecular formula is C35H39Cl2FN2O3. The van der Waals surface area contributed by atoms with Gasteiger partial charge >= 0.3 is 0 Å². The Morgan fingerprint density at radius 2 is 1.77 bits per heavy atom. The van der Waals surface area contributed by atoms with Gasteiger partial charge in [-0.05, 0) is 105 Å². The normalized spacial score (nSPS) is 19.3. The average Bonchev–Trinajstić information content (AvgIpc) is 3.25. The molecule has 4 atom stereocenters. The third-order valence-electron chi connectivity index (χ3n) is 8.95. The summed E-state index contributed by atoms with van der Waals surface area (Å²) in [6, 6.07) is 15.1. The molecule has 0 aliphatic carbocycles. The lowest BCUT2D eigenvalue weighted by atomic mass is 9.56. The summed E-state index contributed by atoms with van der Waals surface area (Å²) in [7, 11) is 1.46. The van der Waals surface area contributed by atoms with Crippen LogP contribution in [0.2, 0.25) is 10.0 Å². The molecule has 3 aromatic carbocycles. The fraction of sp³-hybridized carbons (Fsp3) is 0.371. The average molecular weight is 626 g/mol. The fourth-order valence-electron chi connectivity index (χ4n) is 6.75. The number of hydrogen-bond donors (Lipinski definition) is 3. The molecule has 0 bridgehead atoms. The van der Waals surface area contributed by atoms with Crippen molar-refractivity contribution in [1.82, 2.24) is 5.32 Å². The number of halogens is 3. The standard InChI is InChI=1S/C35H39Cl2FN2O3/c1-7-9-28(25-19-24(38)13-10-21(25)4)35(29-15-12-23(37)18-31(29)40-33(35)42)30(16-20(3)8-2)26-17-22(36)11-14-27(26)34(5,43)32(41)39-6/h8,10-15,17-19,28,30,43H,7,9,16H2,1-6H3,(H,39,41)(H,40,42)/b20-8+/t28-,30?,34?,35+/m1/s1. The van der Waals surface area contributed by atoms with Crippen molar-refractivity contribution in [2.24, 2.45) is 0 Å². The van der Waals surface area contributed by atoms with Gasteiger partial charge in [-0.1, -0.05) is 66.4 Å². The Labute approximate surface area is 263 Å². The minimum absolute atomic E-state index is 0.258. The molecule has 0 spiro atoms. The SMILES string of the molecule is C/C=C(\C)CC(c1cc(Cl)ccc1C(C)(O)C(=O)NC)[C@@]1([C@H](CCC)c2cc(F)ccc2C)C(=O)Nc2cc(Cl)ccc21. The van der Waals surface area contributed by atoms with E-state index in [2.05, 4.69) is 10.6 Å². The van der Waals surface area contributed by atoms with Crippen molar-refractivity contribution in [3.05, 3.63) is 110 Å². The van der Waals surface area contributed by atoms with Gasteiger partial charge in [0.25, 0.3) is 5.91 Å². The van der Waals surface area contributed by atoms with Gasteiger partial charge in [0.2, 0.25) is 5.91 Å². The van der Waals surface area contributed by atoms with Crippen molar-refractivity contribution in [2.75, 3.05) is 12.4 Å². The van der Waals surface area contributed by atoms with Crippen molar-refractivity contribution in [3.8, 4) is 0 Å². The van der Waals surface area contributed by atoms with Gasteiger partial charge in [-0.3, -0.25) is 9.59 Å². The van der Waals surface area contributed by atoms with Gasteiger partial charge in [0.15, 0.2) is 5.60 Å². The van der Waals surface area contributed by atoms with Crippen molar-refractivity contribution < 1.29 is 19.1 Å². The zero-order chi connectivity index (χ0) is 31.7. The van der Waals surface area contributed by atoms with Crippen molar-refractivity contribution in [3.63, 3.8) is 0 Å². The Balaban J connectivity index is 2.21. The summed E-state index contributed by atoms with van der Waals surface area (Å²) in [5.41, 5.74) is 1.56. The topological polar surface area (TPSA) is 78.4 Å². The number of hydrogen-bond acceptors (Lipinski definition) is 3. The lowest BCUT2D eigenvalue weighted by Crippen LogP contribution is -2.48. The van der Waals surface area contributed by atoms with Crippen LogP contribution in [0.4, 0.5) is 10.1 Å². The summed E-state index contributed by atoms with van der Waals surface area (Å²) in [5.74, 6) is -2.36. The molecule has 3 N–H and O–H groups in total. The van der Waals surface area contributed by atoms with Crippen molar-refractivity contribution in [2.45, 2.75) is 76.7 Å². The molecule has 1 heterocycles. The number of likely N-dealkylation sites (N-methyl/N-ethyl adjacent to an activating group) is 1. The third-order valence-corrected chi connectivity index (χ3v) is 9.42. The van der Waals surface area contributed by atoms with E-state index < -0.39 is 34.6 Å². The van der Waals surface area contributed by atoms with Crippen LogP contribution in [0.5, 0.6) is 0 Å². The summed E-state index contributed by atoms with van der Waals surface area (Å²) < 4.78 is 15.0. The van der Waals surface area contributed by atoms with Crippen LogP contribution >= 0.6 is 23.2 Å². The van der Waals surface area contributed by atoms with Gasteiger partial charge in [0, 0.05) is 34.6 Å². The Kier molecular flexibility index (Phi) is 9.75. The van der Waals surface area contributed by atoms with E-state index in [-0.39, 0.29) is 5.91 Å². The second-order valence-electron chi connectivity index (χ2n) is 11.6. The van der Waals surface area contributed by atoms with E-state index in [9.17, 15) is 19.1 Å². The second-order valence-corrected chi connectivity index (χ2v) is 12.5. The van der Waals surface area contributed by atoms with Crippen LogP contribution in [-0.2, 0) is 20.6 Å². The number of benzene rings is 3. The van der Waals surface area contributed by atoms with Gasteiger partial charge in [0.05, 0.1) is 5.41 Å². The number of amides is 2. The zero-order valence-corrected chi connectivity index (χ0v) is 27.0. The highest BCUT2D eigenvalue weighted by atomic mass is 35.5. The highest BCUT2D eigenvalue weighted by Crippen LogP contribution is 2.59. The molecule has 8 heteroatoms. The van der Waals surface area contributed by atoms with Gasteiger partial charge in [-0.2, -0.15) is 0 Å². The van der Waals surface area contributed by atoms with E-state index in [4.69, 9.17) is 23.2 Å². The Hall–Kier alpha value is -3.19. The van der Waals surface area contributed by atoms with Crippen LogP contribution in [0.3, 0.4) is 0 Å². The highest BCUT2D eigenvalue weighted by Gasteiger charge is 2.58. The van der Waals surface area contributed by atoms with E-state index in [0.29, 0.717) is 46.1 Å². The molecule has 4 rings (SSSR count).